The van der Waals surface area contributed by atoms with E-state index in [4.69, 9.17) is 4.74 Å². The molecule has 0 aliphatic rings. The molecular weight excluding hydrogens is 260 g/mol. The first-order valence-electron chi connectivity index (χ1n) is 8.99. The zero-order valence-corrected chi connectivity index (χ0v) is 15.3. The fourth-order valence-corrected chi connectivity index (χ4v) is 2.57. The average molecular weight is 301 g/mol. The van der Waals surface area contributed by atoms with Gasteiger partial charge in [0.05, 0.1) is 5.60 Å². The van der Waals surface area contributed by atoms with E-state index in [1.165, 1.54) is 64.2 Å². The van der Waals surface area contributed by atoms with Crippen molar-refractivity contribution in [1.82, 2.24) is 0 Å². The van der Waals surface area contributed by atoms with Crippen molar-refractivity contribution >= 4 is 0 Å². The zero-order chi connectivity index (χ0) is 16.2. The second-order valence-electron chi connectivity index (χ2n) is 7.97. The van der Waals surface area contributed by atoms with E-state index in [1.807, 2.05) is 7.11 Å². The summed E-state index contributed by atoms with van der Waals surface area (Å²) in [6.07, 6.45) is 14.4. The summed E-state index contributed by atoms with van der Waals surface area (Å²) in [6, 6.07) is 0. The Bertz CT molecular complexity index is 210. The third-order valence-electron chi connectivity index (χ3n) is 4.61. The van der Waals surface area contributed by atoms with Crippen molar-refractivity contribution in [3.63, 3.8) is 0 Å². The van der Waals surface area contributed by atoms with Crippen molar-refractivity contribution in [2.45, 2.75) is 104 Å². The number of aliphatic hydroxyl groups excluding tert-OH is 1. The lowest BCUT2D eigenvalue weighted by molar-refractivity contribution is 0.0134. The maximum atomic E-state index is 9.20. The second kappa shape index (κ2) is 11.5. The summed E-state index contributed by atoms with van der Waals surface area (Å²) in [6.45, 7) is 8.96. The second-order valence-corrected chi connectivity index (χ2v) is 7.97. The Morgan fingerprint density at radius 1 is 0.667 bits per heavy atom. The number of rotatable bonds is 14. The van der Waals surface area contributed by atoms with Crippen LogP contribution in [0, 0.1) is 5.41 Å². The number of methoxy groups -OCH3 is 1. The minimum atomic E-state index is 0.0579. The van der Waals surface area contributed by atoms with Gasteiger partial charge >= 0.3 is 0 Å². The third-order valence-corrected chi connectivity index (χ3v) is 4.61. The molecule has 0 aromatic heterocycles. The Balaban J connectivity index is 3.23. The van der Waals surface area contributed by atoms with Gasteiger partial charge in [-0.05, 0) is 32.1 Å². The molecule has 0 radical (unpaired) electrons. The molecule has 128 valence electrons. The number of hydrogen-bond donors (Lipinski definition) is 1. The summed E-state index contributed by atoms with van der Waals surface area (Å²) in [5.41, 5.74) is 0.179. The number of aliphatic hydroxyl groups is 1. The Morgan fingerprint density at radius 3 is 1.43 bits per heavy atom. The highest BCUT2D eigenvalue weighted by atomic mass is 16.5. The van der Waals surface area contributed by atoms with Crippen molar-refractivity contribution in [2.24, 2.45) is 5.41 Å². The molecule has 0 aromatic carbocycles. The molecule has 0 rings (SSSR count). The molecule has 2 nitrogen and oxygen atoms in total. The van der Waals surface area contributed by atoms with Crippen LogP contribution in [-0.2, 0) is 4.74 Å². The molecule has 21 heavy (non-hydrogen) atoms. The molecule has 0 saturated heterocycles. The van der Waals surface area contributed by atoms with E-state index in [-0.39, 0.29) is 11.0 Å². The van der Waals surface area contributed by atoms with Crippen LogP contribution in [0.4, 0.5) is 0 Å². The summed E-state index contributed by atoms with van der Waals surface area (Å²) in [5, 5.41) is 9.20. The number of unbranched alkanes of at least 4 members (excludes halogenated alkanes) is 8. The highest BCUT2D eigenvalue weighted by molar-refractivity contribution is 4.67. The third kappa shape index (κ3) is 13.3. The summed E-state index contributed by atoms with van der Waals surface area (Å²) in [4.78, 5) is 0. The predicted molar refractivity (Wildman–Crippen MR) is 92.7 cm³/mol. The Kier molecular flexibility index (Phi) is 11.4. The van der Waals surface area contributed by atoms with E-state index in [0.29, 0.717) is 6.61 Å². The van der Waals surface area contributed by atoms with Crippen LogP contribution in [0.3, 0.4) is 0 Å². The summed E-state index contributed by atoms with van der Waals surface area (Å²) >= 11 is 0. The molecule has 0 amide bonds. The standard InChI is InChI=1S/C19H40O2/c1-18(2,17-20)15-13-11-9-7-6-8-10-12-14-16-19(3,4)21-5/h20H,6-17H2,1-5H3. The monoisotopic (exact) mass is 300 g/mol. The molecular formula is C19H40O2. The van der Waals surface area contributed by atoms with Crippen molar-refractivity contribution < 1.29 is 9.84 Å². The molecule has 1 N–H and O–H groups in total. The van der Waals surface area contributed by atoms with Gasteiger partial charge < -0.3 is 9.84 Å². The van der Waals surface area contributed by atoms with Crippen LogP contribution in [0.5, 0.6) is 0 Å². The first kappa shape index (κ1) is 20.9. The first-order valence-corrected chi connectivity index (χ1v) is 8.99. The van der Waals surface area contributed by atoms with E-state index < -0.39 is 0 Å². The fourth-order valence-electron chi connectivity index (χ4n) is 2.57. The van der Waals surface area contributed by atoms with Crippen LogP contribution < -0.4 is 0 Å². The van der Waals surface area contributed by atoms with Crippen LogP contribution in [0.15, 0.2) is 0 Å². The highest BCUT2D eigenvalue weighted by Gasteiger charge is 2.15. The molecule has 0 atom stereocenters. The topological polar surface area (TPSA) is 29.5 Å². The van der Waals surface area contributed by atoms with Gasteiger partial charge in [0.2, 0.25) is 0 Å². The normalized spacial score (nSPS) is 12.9. The van der Waals surface area contributed by atoms with Crippen molar-refractivity contribution in [2.75, 3.05) is 13.7 Å². The zero-order valence-electron chi connectivity index (χ0n) is 15.3. The van der Waals surface area contributed by atoms with Crippen LogP contribution in [0.1, 0.15) is 98.3 Å². The van der Waals surface area contributed by atoms with Gasteiger partial charge in [0.1, 0.15) is 0 Å². The quantitative estimate of drug-likeness (QED) is 0.416. The van der Waals surface area contributed by atoms with Crippen LogP contribution in [-0.4, -0.2) is 24.4 Å². The van der Waals surface area contributed by atoms with Gasteiger partial charge in [0.25, 0.3) is 0 Å². The highest BCUT2D eigenvalue weighted by Crippen LogP contribution is 2.23. The van der Waals surface area contributed by atoms with Gasteiger partial charge in [-0.25, -0.2) is 0 Å². The Labute approximate surface area is 133 Å². The lowest BCUT2D eigenvalue weighted by Crippen LogP contribution is -2.21. The first-order chi connectivity index (χ1) is 9.83. The van der Waals surface area contributed by atoms with Gasteiger partial charge in [0.15, 0.2) is 0 Å². The molecule has 0 aliphatic heterocycles. The Hall–Kier alpha value is -0.0800. The van der Waals surface area contributed by atoms with E-state index in [9.17, 15) is 5.11 Å². The largest absolute Gasteiger partial charge is 0.396 e. The molecule has 0 heterocycles. The SMILES string of the molecule is COC(C)(C)CCCCCCCCCCCC(C)(C)CO. The molecule has 2 heteroatoms. The lowest BCUT2D eigenvalue weighted by Gasteiger charge is -2.22. The summed E-state index contributed by atoms with van der Waals surface area (Å²) < 4.78 is 5.44. The molecule has 0 aliphatic carbocycles. The molecule has 0 spiro atoms. The lowest BCUT2D eigenvalue weighted by atomic mass is 9.88. The Morgan fingerprint density at radius 2 is 1.05 bits per heavy atom. The predicted octanol–water partition coefficient (Wildman–Crippen LogP) is 5.72. The van der Waals surface area contributed by atoms with Gasteiger partial charge in [-0.3, -0.25) is 0 Å². The fraction of sp³-hybridized carbons (Fsp3) is 1.00. The molecule has 0 aromatic rings. The summed E-state index contributed by atoms with van der Waals surface area (Å²) in [7, 11) is 1.81. The number of hydrogen-bond acceptors (Lipinski definition) is 2. The van der Waals surface area contributed by atoms with E-state index >= 15 is 0 Å². The van der Waals surface area contributed by atoms with Gasteiger partial charge in [-0.2, -0.15) is 0 Å². The smallest absolute Gasteiger partial charge is 0.0622 e. The maximum Gasteiger partial charge on any atom is 0.0622 e. The van der Waals surface area contributed by atoms with Gasteiger partial charge in [-0.15, -0.1) is 0 Å². The molecule has 0 fully saturated rings. The summed E-state index contributed by atoms with van der Waals surface area (Å²) in [5.74, 6) is 0. The van der Waals surface area contributed by atoms with Crippen LogP contribution in [0.25, 0.3) is 0 Å². The molecule has 0 bridgehead atoms. The average Bonchev–Trinajstić information content (AvgIpc) is 2.44. The minimum Gasteiger partial charge on any atom is -0.396 e. The van der Waals surface area contributed by atoms with Gasteiger partial charge in [-0.1, -0.05) is 71.6 Å². The minimum absolute atomic E-state index is 0.0579. The van der Waals surface area contributed by atoms with Crippen LogP contribution >= 0.6 is 0 Å². The van der Waals surface area contributed by atoms with Crippen molar-refractivity contribution in [3.05, 3.63) is 0 Å². The van der Waals surface area contributed by atoms with Crippen molar-refractivity contribution in [3.8, 4) is 0 Å². The maximum absolute atomic E-state index is 9.20. The van der Waals surface area contributed by atoms with Gasteiger partial charge in [0, 0.05) is 13.7 Å². The van der Waals surface area contributed by atoms with E-state index in [1.54, 1.807) is 0 Å². The number of ether oxygens (including phenoxy) is 1. The van der Waals surface area contributed by atoms with Crippen molar-refractivity contribution in [1.29, 1.82) is 0 Å². The molecule has 0 saturated carbocycles. The van der Waals surface area contributed by atoms with Crippen LogP contribution in [0.2, 0.25) is 0 Å². The van der Waals surface area contributed by atoms with E-state index in [0.717, 1.165) is 6.42 Å². The van der Waals surface area contributed by atoms with E-state index in [2.05, 4.69) is 27.7 Å². The molecule has 0 unspecified atom stereocenters.